The number of aromatic nitrogens is 2. The van der Waals surface area contributed by atoms with E-state index in [0.717, 1.165) is 25.9 Å². The molecule has 23 heavy (non-hydrogen) atoms. The minimum atomic E-state index is -0.128. The molecule has 0 saturated carbocycles. The number of hydrogen-bond acceptors (Lipinski definition) is 5. The molecule has 6 heteroatoms. The maximum Gasteiger partial charge on any atom is 0.274 e. The SMILES string of the molecule is C=CCOC[C@@]12CCCO[C@H]1CCN(C(=O)c1cnccn1)C2. The van der Waals surface area contributed by atoms with Crippen molar-refractivity contribution in [3.8, 4) is 0 Å². The van der Waals surface area contributed by atoms with Crippen molar-refractivity contribution < 1.29 is 14.3 Å². The van der Waals surface area contributed by atoms with Crippen LogP contribution in [0.4, 0.5) is 0 Å². The highest BCUT2D eigenvalue weighted by atomic mass is 16.5. The van der Waals surface area contributed by atoms with Gasteiger partial charge in [-0.25, -0.2) is 4.98 Å². The Morgan fingerprint density at radius 2 is 2.48 bits per heavy atom. The van der Waals surface area contributed by atoms with Crippen molar-refractivity contribution in [3.63, 3.8) is 0 Å². The maximum atomic E-state index is 12.7. The normalized spacial score (nSPS) is 27.3. The number of likely N-dealkylation sites (tertiary alicyclic amines) is 1. The van der Waals surface area contributed by atoms with E-state index >= 15 is 0 Å². The topological polar surface area (TPSA) is 64.6 Å². The van der Waals surface area contributed by atoms with Gasteiger partial charge in [-0.3, -0.25) is 9.78 Å². The van der Waals surface area contributed by atoms with Gasteiger partial charge in [0.15, 0.2) is 0 Å². The van der Waals surface area contributed by atoms with Crippen molar-refractivity contribution in [1.29, 1.82) is 0 Å². The van der Waals surface area contributed by atoms with Gasteiger partial charge >= 0.3 is 0 Å². The van der Waals surface area contributed by atoms with Crippen LogP contribution in [-0.2, 0) is 9.47 Å². The van der Waals surface area contributed by atoms with Gasteiger partial charge in [0.1, 0.15) is 5.69 Å². The summed E-state index contributed by atoms with van der Waals surface area (Å²) in [5, 5.41) is 0. The number of piperidine rings is 1. The van der Waals surface area contributed by atoms with E-state index in [2.05, 4.69) is 16.5 Å². The molecule has 6 nitrogen and oxygen atoms in total. The van der Waals surface area contributed by atoms with Gasteiger partial charge in [0.05, 0.1) is 25.5 Å². The minimum Gasteiger partial charge on any atom is -0.377 e. The number of ether oxygens (including phenoxy) is 2. The van der Waals surface area contributed by atoms with Crippen molar-refractivity contribution in [2.24, 2.45) is 5.41 Å². The van der Waals surface area contributed by atoms with Crippen LogP contribution in [0.5, 0.6) is 0 Å². The van der Waals surface area contributed by atoms with E-state index in [1.165, 1.54) is 6.20 Å². The Morgan fingerprint density at radius 1 is 1.57 bits per heavy atom. The number of carbonyl (C=O) groups is 1. The zero-order valence-corrected chi connectivity index (χ0v) is 13.3. The minimum absolute atomic E-state index is 0.0646. The van der Waals surface area contributed by atoms with Crippen LogP contribution < -0.4 is 0 Å². The number of nitrogens with zero attached hydrogens (tertiary/aromatic N) is 3. The van der Waals surface area contributed by atoms with Crippen molar-refractivity contribution in [3.05, 3.63) is 36.9 Å². The molecule has 2 saturated heterocycles. The first-order valence-electron chi connectivity index (χ1n) is 8.11. The second-order valence-electron chi connectivity index (χ2n) is 6.24. The zero-order valence-electron chi connectivity index (χ0n) is 13.3. The first kappa shape index (κ1) is 16.1. The molecular formula is C17H23N3O3. The van der Waals surface area contributed by atoms with Crippen LogP contribution in [0.15, 0.2) is 31.2 Å². The summed E-state index contributed by atoms with van der Waals surface area (Å²) >= 11 is 0. The molecule has 0 spiro atoms. The van der Waals surface area contributed by atoms with E-state index in [1.54, 1.807) is 18.5 Å². The Bertz CT molecular complexity index is 551. The summed E-state index contributed by atoms with van der Waals surface area (Å²) in [4.78, 5) is 22.7. The number of carbonyl (C=O) groups excluding carboxylic acids is 1. The van der Waals surface area contributed by atoms with Crippen molar-refractivity contribution >= 4 is 5.91 Å². The average molecular weight is 317 g/mol. The zero-order chi connectivity index (χ0) is 16.1. The molecule has 0 bridgehead atoms. The molecule has 2 atom stereocenters. The largest absolute Gasteiger partial charge is 0.377 e. The van der Waals surface area contributed by atoms with Crippen LogP contribution in [-0.4, -0.2) is 59.8 Å². The fraction of sp³-hybridized carbons (Fsp3) is 0.588. The van der Waals surface area contributed by atoms with E-state index in [-0.39, 0.29) is 17.4 Å². The van der Waals surface area contributed by atoms with Crippen molar-refractivity contribution in [1.82, 2.24) is 14.9 Å². The third kappa shape index (κ3) is 3.43. The van der Waals surface area contributed by atoms with E-state index in [0.29, 0.717) is 32.0 Å². The monoisotopic (exact) mass is 317 g/mol. The first-order chi connectivity index (χ1) is 11.2. The molecule has 2 aliphatic heterocycles. The van der Waals surface area contributed by atoms with Gasteiger partial charge in [-0.2, -0.15) is 0 Å². The Morgan fingerprint density at radius 3 is 3.26 bits per heavy atom. The molecule has 0 unspecified atom stereocenters. The van der Waals surface area contributed by atoms with Gasteiger partial charge in [-0.15, -0.1) is 6.58 Å². The van der Waals surface area contributed by atoms with Crippen molar-refractivity contribution in [2.75, 3.05) is 32.9 Å². The Hall–Kier alpha value is -1.79. The molecule has 1 aromatic rings. The maximum absolute atomic E-state index is 12.7. The summed E-state index contributed by atoms with van der Waals surface area (Å²) in [5.74, 6) is -0.0646. The van der Waals surface area contributed by atoms with E-state index in [9.17, 15) is 4.79 Å². The summed E-state index contributed by atoms with van der Waals surface area (Å²) in [5.41, 5.74) is 0.266. The number of rotatable bonds is 5. The highest BCUT2D eigenvalue weighted by molar-refractivity contribution is 5.92. The Balaban J connectivity index is 1.75. The van der Waals surface area contributed by atoms with Crippen LogP contribution in [0.1, 0.15) is 29.8 Å². The lowest BCUT2D eigenvalue weighted by Gasteiger charge is -2.50. The summed E-state index contributed by atoms with van der Waals surface area (Å²) in [6.07, 6.45) is 9.40. The second-order valence-corrected chi connectivity index (χ2v) is 6.24. The molecule has 124 valence electrons. The number of hydrogen-bond donors (Lipinski definition) is 0. The molecular weight excluding hydrogens is 294 g/mol. The molecule has 2 aliphatic rings. The Kier molecular flexibility index (Phi) is 5.03. The standard InChI is InChI=1S/C17H23N3O3/c1-2-9-22-13-17-5-3-10-23-15(17)4-8-20(12-17)16(21)14-11-18-6-7-19-14/h2,6-7,11,15H,1,3-5,8-10,12-13H2/t15-,17-/m0/s1. The summed E-state index contributed by atoms with van der Waals surface area (Å²) in [6.45, 7) is 6.93. The molecule has 0 radical (unpaired) electrons. The number of amides is 1. The molecule has 1 amide bonds. The molecule has 0 aliphatic carbocycles. The summed E-state index contributed by atoms with van der Waals surface area (Å²) < 4.78 is 11.7. The van der Waals surface area contributed by atoms with E-state index in [4.69, 9.17) is 9.47 Å². The molecule has 3 rings (SSSR count). The average Bonchev–Trinajstić information content (AvgIpc) is 2.61. The lowest BCUT2D eigenvalue weighted by Crippen LogP contribution is -2.58. The van der Waals surface area contributed by atoms with Gasteiger partial charge in [-0.1, -0.05) is 6.08 Å². The first-order valence-corrected chi connectivity index (χ1v) is 8.11. The van der Waals surface area contributed by atoms with Crippen LogP contribution in [0.25, 0.3) is 0 Å². The van der Waals surface area contributed by atoms with Gasteiger partial charge in [0, 0.05) is 37.5 Å². The van der Waals surface area contributed by atoms with Crippen LogP contribution in [0, 0.1) is 5.41 Å². The molecule has 0 N–H and O–H groups in total. The molecule has 3 heterocycles. The van der Waals surface area contributed by atoms with Crippen molar-refractivity contribution in [2.45, 2.75) is 25.4 Å². The fourth-order valence-electron chi connectivity index (χ4n) is 3.59. The third-order valence-electron chi connectivity index (χ3n) is 4.68. The number of fused-ring (bicyclic) bond motifs is 1. The van der Waals surface area contributed by atoms with Gasteiger partial charge < -0.3 is 14.4 Å². The Labute approximate surface area is 136 Å². The lowest BCUT2D eigenvalue weighted by molar-refractivity contribution is -0.144. The van der Waals surface area contributed by atoms with Crippen LogP contribution in [0.3, 0.4) is 0 Å². The van der Waals surface area contributed by atoms with E-state index < -0.39 is 0 Å². The van der Waals surface area contributed by atoms with Gasteiger partial charge in [-0.05, 0) is 19.3 Å². The van der Waals surface area contributed by atoms with E-state index in [1.807, 2.05) is 4.90 Å². The molecule has 1 aromatic heterocycles. The fourth-order valence-corrected chi connectivity index (χ4v) is 3.59. The predicted octanol–water partition coefficient (Wildman–Crippen LogP) is 1.69. The van der Waals surface area contributed by atoms with Gasteiger partial charge in [0.25, 0.3) is 5.91 Å². The highest BCUT2D eigenvalue weighted by Gasteiger charge is 2.47. The summed E-state index contributed by atoms with van der Waals surface area (Å²) in [6, 6.07) is 0. The van der Waals surface area contributed by atoms with Gasteiger partial charge in [0.2, 0.25) is 0 Å². The quantitative estimate of drug-likeness (QED) is 0.611. The van der Waals surface area contributed by atoms with Crippen LogP contribution in [0.2, 0.25) is 0 Å². The predicted molar refractivity (Wildman–Crippen MR) is 85.0 cm³/mol. The second kappa shape index (κ2) is 7.19. The third-order valence-corrected chi connectivity index (χ3v) is 4.68. The van der Waals surface area contributed by atoms with Crippen LogP contribution >= 0.6 is 0 Å². The smallest absolute Gasteiger partial charge is 0.274 e. The molecule has 0 aromatic carbocycles. The lowest BCUT2D eigenvalue weighted by atomic mass is 9.73. The highest BCUT2D eigenvalue weighted by Crippen LogP contribution is 2.40. The molecule has 2 fully saturated rings. The summed E-state index contributed by atoms with van der Waals surface area (Å²) in [7, 11) is 0.